The summed E-state index contributed by atoms with van der Waals surface area (Å²) in [6.45, 7) is 5.74. The Balaban J connectivity index is 0.0000000747. The summed E-state index contributed by atoms with van der Waals surface area (Å²) in [5.41, 5.74) is 1.21. The summed E-state index contributed by atoms with van der Waals surface area (Å²) in [7, 11) is 0. The molecule has 32 fully saturated rings. The lowest BCUT2D eigenvalue weighted by molar-refractivity contribution is -0.152. The molecule has 0 amide bonds. The lowest BCUT2D eigenvalue weighted by atomic mass is 9.60. The molecule has 0 radical (unpaired) electrons. The molecule has 0 aromatic heterocycles. The average molecular weight is 1590 g/mol. The van der Waals surface area contributed by atoms with Crippen LogP contribution in [-0.2, 0) is 76.3 Å². The molecule has 116 heavy (non-hydrogen) atoms. The van der Waals surface area contributed by atoms with Gasteiger partial charge in [0.05, 0.1) is 100 Å². The molecule has 32 rings (SSSR count). The van der Waals surface area contributed by atoms with E-state index in [1.807, 2.05) is 0 Å². The lowest BCUT2D eigenvalue weighted by Gasteiger charge is -2.43. The second kappa shape index (κ2) is 26.7. The highest BCUT2D eigenvalue weighted by atomic mass is 16.6. The van der Waals surface area contributed by atoms with Gasteiger partial charge in [0.1, 0.15) is 0 Å². The van der Waals surface area contributed by atoms with Crippen LogP contribution in [0.5, 0.6) is 0 Å². The van der Waals surface area contributed by atoms with Crippen LogP contribution in [-0.4, -0.2) is 101 Å². The molecule has 8 aliphatic heterocycles. The molecule has 16 nitrogen and oxygen atoms in total. The maximum atomic E-state index is 12.2. The van der Waals surface area contributed by atoms with Gasteiger partial charge in [-0.25, -0.2) is 0 Å². The van der Waals surface area contributed by atoms with Crippen LogP contribution in [0.15, 0.2) is 0 Å². The number of carbonyl (C=O) groups excluding carboxylic acids is 8. The zero-order valence-corrected chi connectivity index (χ0v) is 69.8. The van der Waals surface area contributed by atoms with Crippen LogP contribution in [0.2, 0.25) is 0 Å². The molecule has 24 saturated carbocycles. The van der Waals surface area contributed by atoms with Gasteiger partial charge in [0.2, 0.25) is 0 Å². The number of cyclic esters (lactones) is 8. The predicted molar refractivity (Wildman–Crippen MR) is 422 cm³/mol. The van der Waals surface area contributed by atoms with Crippen LogP contribution in [0.25, 0.3) is 0 Å². The molecule has 24 bridgehead atoms. The SMILES string of the molecule is O=C1CC2(CO1)CC1CC2C2C3CCC(C3)C12.O=C1CC2(CO1)CC1CC2C2C3CCC(C3)C12.O=C1CC2(CO1)CC1CCC2C1.O=C1CC2(CO1)CC1CCC2C1.O=C1OCCC12CC1CC2C2C3CCC(C3)C12.O=C1OCCC12CC1CC2C2C3CCC(C3)C12.O=C1OCCC12CC1CCC2C1.O=C1OCCC12CC1CCC2C1. The number of esters is 8. The van der Waals surface area contributed by atoms with E-state index in [9.17, 15) is 38.4 Å². The van der Waals surface area contributed by atoms with E-state index in [1.165, 1.54) is 218 Å². The number of carbonyl (C=O) groups is 8. The monoisotopic (exact) mass is 1590 g/mol. The van der Waals surface area contributed by atoms with Crippen molar-refractivity contribution < 1.29 is 76.3 Å². The van der Waals surface area contributed by atoms with E-state index in [2.05, 4.69) is 0 Å². The lowest BCUT2D eigenvalue weighted by Crippen LogP contribution is -2.42. The van der Waals surface area contributed by atoms with Crippen molar-refractivity contribution >= 4 is 47.8 Å². The van der Waals surface area contributed by atoms with Crippen molar-refractivity contribution in [1.82, 2.24) is 0 Å². The van der Waals surface area contributed by atoms with Crippen LogP contribution in [0.1, 0.15) is 283 Å². The van der Waals surface area contributed by atoms with Crippen LogP contribution >= 0.6 is 0 Å². The minimum Gasteiger partial charge on any atom is -0.465 e. The topological polar surface area (TPSA) is 210 Å². The van der Waals surface area contributed by atoms with E-state index in [0.717, 1.165) is 243 Å². The molecular weight excluding hydrogens is 1460 g/mol. The number of hydrogen-bond donors (Lipinski definition) is 0. The first-order valence-electron chi connectivity index (χ1n) is 49.6. The first kappa shape index (κ1) is 74.4. The zero-order valence-electron chi connectivity index (χ0n) is 69.8. The molecule has 8 saturated heterocycles. The number of rotatable bonds is 0. The fraction of sp³-hybridized carbons (Fsp3) is 0.920. The summed E-state index contributed by atoms with van der Waals surface area (Å²) in [6, 6.07) is 0. The highest BCUT2D eigenvalue weighted by molar-refractivity contribution is 5.82. The Kier molecular flexibility index (Phi) is 17.1. The highest BCUT2D eigenvalue weighted by Gasteiger charge is 2.75. The van der Waals surface area contributed by atoms with Crippen molar-refractivity contribution in [3.8, 4) is 0 Å². The Morgan fingerprint density at radius 1 is 0.207 bits per heavy atom. The molecule has 0 N–H and O–H groups in total. The van der Waals surface area contributed by atoms with Gasteiger partial charge >= 0.3 is 47.8 Å². The summed E-state index contributed by atoms with van der Waals surface area (Å²) in [4.78, 5) is 92.6. The van der Waals surface area contributed by atoms with Crippen molar-refractivity contribution in [2.24, 2.45) is 233 Å². The van der Waals surface area contributed by atoms with Crippen molar-refractivity contribution in [3.63, 3.8) is 0 Å². The van der Waals surface area contributed by atoms with E-state index < -0.39 is 0 Å². The number of fused-ring (bicyclic) bond motifs is 52. The van der Waals surface area contributed by atoms with Crippen LogP contribution < -0.4 is 0 Å². The molecule has 632 valence electrons. The maximum Gasteiger partial charge on any atom is 0.312 e. The zero-order chi connectivity index (χ0) is 77.5. The smallest absolute Gasteiger partial charge is 0.312 e. The van der Waals surface area contributed by atoms with Gasteiger partial charge in [-0.05, 0) is 421 Å². The third-order valence-electron chi connectivity index (χ3n) is 45.0. The van der Waals surface area contributed by atoms with Gasteiger partial charge in [-0.15, -0.1) is 0 Å². The Morgan fingerprint density at radius 3 is 0.733 bits per heavy atom. The van der Waals surface area contributed by atoms with Gasteiger partial charge in [-0.3, -0.25) is 38.4 Å². The normalized spacial score (nSPS) is 57.5. The summed E-state index contributed by atoms with van der Waals surface area (Å²) in [5, 5.41) is 0. The molecule has 24 aliphatic carbocycles. The van der Waals surface area contributed by atoms with Crippen LogP contribution in [0.4, 0.5) is 0 Å². The fourth-order valence-electron chi connectivity index (χ4n) is 41.7. The Hall–Kier alpha value is -4.24. The van der Waals surface area contributed by atoms with E-state index in [4.69, 9.17) is 37.9 Å². The van der Waals surface area contributed by atoms with E-state index in [1.54, 1.807) is 0 Å². The minimum atomic E-state index is -0.00366. The molecular formula is C100H136O16. The van der Waals surface area contributed by atoms with Crippen molar-refractivity contribution in [3.05, 3.63) is 0 Å². The maximum absolute atomic E-state index is 12.2. The third-order valence-corrected chi connectivity index (χ3v) is 45.0. The molecule has 40 unspecified atom stereocenters. The summed E-state index contributed by atoms with van der Waals surface area (Å²) in [6.07, 6.45) is 56.4. The minimum absolute atomic E-state index is 0.00289. The molecule has 16 heteroatoms. The van der Waals surface area contributed by atoms with E-state index in [-0.39, 0.29) is 69.4 Å². The van der Waals surface area contributed by atoms with Crippen LogP contribution in [0.3, 0.4) is 0 Å². The summed E-state index contributed by atoms with van der Waals surface area (Å²) >= 11 is 0. The van der Waals surface area contributed by atoms with Crippen molar-refractivity contribution in [2.75, 3.05) is 52.9 Å². The highest BCUT2D eigenvalue weighted by Crippen LogP contribution is 2.79. The molecule has 8 heterocycles. The van der Waals surface area contributed by atoms with Crippen molar-refractivity contribution in [2.45, 2.75) is 283 Å². The Labute approximate surface area is 688 Å². The quantitative estimate of drug-likeness (QED) is 0.125. The largest absolute Gasteiger partial charge is 0.465 e. The fourth-order valence-corrected chi connectivity index (χ4v) is 41.7. The van der Waals surface area contributed by atoms with Crippen molar-refractivity contribution in [1.29, 1.82) is 0 Å². The van der Waals surface area contributed by atoms with Gasteiger partial charge in [-0.2, -0.15) is 0 Å². The number of hydrogen-bond acceptors (Lipinski definition) is 16. The second-order valence-electron chi connectivity index (χ2n) is 48.5. The van der Waals surface area contributed by atoms with Gasteiger partial charge in [0.25, 0.3) is 0 Å². The summed E-state index contributed by atoms with van der Waals surface area (Å²) < 4.78 is 41.7. The Bertz CT molecular complexity index is 3800. The second-order valence-corrected chi connectivity index (χ2v) is 48.5. The average Bonchev–Trinajstić information content (AvgIpc) is 1.54. The standard InChI is InChI=1S/4C15H20O2.4C10H14O2/c2*16-12-6-15(7-17-12)5-10-4-11(15)14-9-2-1-8(3-9)13(10)14;2*16-14-15(3-4-17-14)7-10-6-11(15)13-9-2-1-8(5-9)12(10)13;2*11-9-5-10(6-12-9)4-7-1-2-8(10)3-7;2*11-9-10(3-4-12-9)6-7-1-2-8(10)5-7/h2*8-11,13-14H,1-7H2;2*8-13H,1-7H2;4*7-8H,1-6H2. The first-order chi connectivity index (χ1) is 56.3. The molecule has 32 aliphatic rings. The van der Waals surface area contributed by atoms with Gasteiger partial charge in [-0.1, -0.05) is 25.7 Å². The summed E-state index contributed by atoms with van der Waals surface area (Å²) in [5.74, 6) is 30.3. The molecule has 8 spiro atoms. The number of ether oxygens (including phenoxy) is 8. The first-order valence-corrected chi connectivity index (χ1v) is 49.6. The van der Waals surface area contributed by atoms with Gasteiger partial charge in [0.15, 0.2) is 0 Å². The predicted octanol–water partition coefficient (Wildman–Crippen LogP) is 17.4. The molecule has 40 atom stereocenters. The van der Waals surface area contributed by atoms with Gasteiger partial charge in [0, 0.05) is 21.7 Å². The van der Waals surface area contributed by atoms with Crippen LogP contribution in [0, 0.1) is 233 Å². The third kappa shape index (κ3) is 10.7. The van der Waals surface area contributed by atoms with Gasteiger partial charge < -0.3 is 37.9 Å². The molecule has 0 aromatic rings. The Morgan fingerprint density at radius 2 is 0.474 bits per heavy atom. The van der Waals surface area contributed by atoms with E-state index in [0.29, 0.717) is 84.6 Å². The molecule has 0 aromatic carbocycles. The van der Waals surface area contributed by atoms with E-state index >= 15 is 0 Å².